The molecule has 0 spiro atoms. The summed E-state index contributed by atoms with van der Waals surface area (Å²) in [6.07, 6.45) is -0.114. The molecule has 3 aromatic rings. The molecule has 212 valence electrons. The Morgan fingerprint density at radius 2 is 1.50 bits per heavy atom. The normalized spacial score (nSPS) is 28.0. The first kappa shape index (κ1) is 27.2. The third-order valence-corrected chi connectivity index (χ3v) is 9.34. The van der Waals surface area contributed by atoms with Gasteiger partial charge in [-0.1, -0.05) is 93.9 Å². The lowest BCUT2D eigenvalue weighted by atomic mass is 9.79. The van der Waals surface area contributed by atoms with Crippen LogP contribution in [-0.2, 0) is 5.41 Å². The number of alkyl halides is 3. The first-order chi connectivity index (χ1) is 19.1. The minimum absolute atomic E-state index is 0.00932. The summed E-state index contributed by atoms with van der Waals surface area (Å²) in [5, 5.41) is 7.77. The van der Waals surface area contributed by atoms with Crippen molar-refractivity contribution in [2.24, 2.45) is 17.8 Å². The van der Waals surface area contributed by atoms with E-state index in [0.29, 0.717) is 29.5 Å². The van der Waals surface area contributed by atoms with Gasteiger partial charge < -0.3 is 15.4 Å². The molecule has 1 heterocycles. The second kappa shape index (κ2) is 10.4. The standard InChI is InChI=1S/C34H39F3N2O/c1-33(2,3)23-17-18-28(40-34(35,36)37)27(19-23)39-32-30-25-16-10-15-24(20-26(25)30)38-31(32)29(21-11-6-4-7-12-21)22-13-8-5-9-14-22/h4-9,11-14,17-19,24-26,29-32,38-39H,10,15-16,20H2,1-3H3/t24?,25-,26?,30-,31?,32?/m0/s1. The van der Waals surface area contributed by atoms with Crippen molar-refractivity contribution in [1.82, 2.24) is 5.32 Å². The predicted octanol–water partition coefficient (Wildman–Crippen LogP) is 8.27. The van der Waals surface area contributed by atoms with Gasteiger partial charge in [0.2, 0.25) is 0 Å². The molecule has 40 heavy (non-hydrogen) atoms. The van der Waals surface area contributed by atoms with E-state index in [1.165, 1.54) is 30.0 Å². The minimum atomic E-state index is -4.77. The molecule has 0 amide bonds. The van der Waals surface area contributed by atoms with Gasteiger partial charge in [0.25, 0.3) is 0 Å². The van der Waals surface area contributed by atoms with Crippen LogP contribution in [-0.4, -0.2) is 24.5 Å². The van der Waals surface area contributed by atoms with E-state index in [4.69, 9.17) is 0 Å². The highest BCUT2D eigenvalue weighted by molar-refractivity contribution is 5.60. The van der Waals surface area contributed by atoms with Crippen molar-refractivity contribution in [3.8, 4) is 5.75 Å². The molecule has 1 saturated heterocycles. The first-order valence-corrected chi connectivity index (χ1v) is 14.6. The van der Waals surface area contributed by atoms with Crippen LogP contribution >= 0.6 is 0 Å². The van der Waals surface area contributed by atoms with Gasteiger partial charge in [0.05, 0.1) is 5.69 Å². The van der Waals surface area contributed by atoms with Crippen LogP contribution in [0.1, 0.15) is 69.1 Å². The number of rotatable bonds is 6. The topological polar surface area (TPSA) is 33.3 Å². The van der Waals surface area contributed by atoms with Crippen LogP contribution in [0.25, 0.3) is 0 Å². The van der Waals surface area contributed by atoms with E-state index < -0.39 is 6.36 Å². The van der Waals surface area contributed by atoms with Gasteiger partial charge in [0, 0.05) is 24.0 Å². The molecule has 6 atom stereocenters. The zero-order valence-electron chi connectivity index (χ0n) is 23.4. The molecule has 0 aromatic heterocycles. The number of anilines is 1. The van der Waals surface area contributed by atoms with Crippen molar-refractivity contribution in [1.29, 1.82) is 0 Å². The van der Waals surface area contributed by atoms with Gasteiger partial charge in [-0.25, -0.2) is 0 Å². The third-order valence-electron chi connectivity index (χ3n) is 9.34. The van der Waals surface area contributed by atoms with Crippen molar-refractivity contribution in [2.45, 2.75) is 82.3 Å². The molecule has 3 fully saturated rings. The van der Waals surface area contributed by atoms with Crippen LogP contribution in [0.4, 0.5) is 18.9 Å². The van der Waals surface area contributed by atoms with Crippen LogP contribution in [0.15, 0.2) is 78.9 Å². The molecule has 2 N–H and O–H groups in total. The van der Waals surface area contributed by atoms with E-state index in [0.717, 1.165) is 18.4 Å². The Kier molecular flexibility index (Phi) is 7.10. The van der Waals surface area contributed by atoms with Crippen molar-refractivity contribution in [2.75, 3.05) is 5.32 Å². The van der Waals surface area contributed by atoms with E-state index in [2.05, 4.69) is 84.7 Å². The molecule has 4 unspecified atom stereocenters. The number of hydrogen-bond acceptors (Lipinski definition) is 3. The van der Waals surface area contributed by atoms with Gasteiger partial charge in [-0.2, -0.15) is 0 Å². The quantitative estimate of drug-likeness (QED) is 0.325. The highest BCUT2D eigenvalue weighted by atomic mass is 19.4. The fourth-order valence-electron chi connectivity index (χ4n) is 7.48. The number of halogens is 3. The summed E-state index contributed by atoms with van der Waals surface area (Å²) in [7, 11) is 0. The molecular weight excluding hydrogens is 509 g/mol. The van der Waals surface area contributed by atoms with Crippen LogP contribution in [0.5, 0.6) is 5.75 Å². The summed E-state index contributed by atoms with van der Waals surface area (Å²) in [6.45, 7) is 6.23. The van der Waals surface area contributed by atoms with Gasteiger partial charge in [0.1, 0.15) is 0 Å². The maximum absolute atomic E-state index is 13.5. The monoisotopic (exact) mass is 548 g/mol. The molecule has 0 radical (unpaired) electrons. The Morgan fingerprint density at radius 3 is 2.10 bits per heavy atom. The van der Waals surface area contributed by atoms with E-state index in [1.54, 1.807) is 6.07 Å². The molecule has 2 bridgehead atoms. The molecule has 3 nitrogen and oxygen atoms in total. The van der Waals surface area contributed by atoms with Crippen molar-refractivity contribution in [3.05, 3.63) is 95.6 Å². The Labute approximate surface area is 235 Å². The SMILES string of the molecule is CC(C)(C)c1ccc(OC(F)(F)F)c(NC2C(C(c3ccccc3)c3ccccc3)NC3CCC[C@H]4C(C3)[C@@H]24)c1. The van der Waals surface area contributed by atoms with Crippen molar-refractivity contribution >= 4 is 5.69 Å². The Balaban J connectivity index is 1.47. The summed E-state index contributed by atoms with van der Waals surface area (Å²) in [4.78, 5) is 0. The number of nitrogens with one attached hydrogen (secondary N) is 2. The second-order valence-corrected chi connectivity index (χ2v) is 12.9. The summed E-state index contributed by atoms with van der Waals surface area (Å²) >= 11 is 0. The van der Waals surface area contributed by atoms with Crippen molar-refractivity contribution < 1.29 is 17.9 Å². The fraction of sp³-hybridized carbons (Fsp3) is 0.471. The molecular formula is C34H39F3N2O. The first-order valence-electron chi connectivity index (χ1n) is 14.6. The summed E-state index contributed by atoms with van der Waals surface area (Å²) < 4.78 is 45.2. The van der Waals surface area contributed by atoms with Gasteiger partial charge in [0.15, 0.2) is 5.75 Å². The zero-order chi connectivity index (χ0) is 28.1. The Hall–Kier alpha value is -2.99. The largest absolute Gasteiger partial charge is 0.573 e. The van der Waals surface area contributed by atoms with Crippen molar-refractivity contribution in [3.63, 3.8) is 0 Å². The van der Waals surface area contributed by atoms with Crippen LogP contribution in [0.2, 0.25) is 0 Å². The van der Waals surface area contributed by atoms with Crippen LogP contribution in [0.3, 0.4) is 0 Å². The molecule has 1 aliphatic heterocycles. The van der Waals surface area contributed by atoms with E-state index in [-0.39, 0.29) is 29.2 Å². The van der Waals surface area contributed by atoms with E-state index in [1.807, 2.05) is 18.2 Å². The number of ether oxygens (including phenoxy) is 1. The number of hydrogen-bond donors (Lipinski definition) is 2. The molecule has 6 heteroatoms. The molecule has 3 aromatic carbocycles. The predicted molar refractivity (Wildman–Crippen MR) is 154 cm³/mol. The molecule has 2 aliphatic carbocycles. The molecule has 2 saturated carbocycles. The Morgan fingerprint density at radius 1 is 0.850 bits per heavy atom. The second-order valence-electron chi connectivity index (χ2n) is 12.9. The van der Waals surface area contributed by atoms with Gasteiger partial charge in [-0.15, -0.1) is 13.2 Å². The fourth-order valence-corrected chi connectivity index (χ4v) is 7.48. The third kappa shape index (κ3) is 5.60. The van der Waals surface area contributed by atoms with E-state index >= 15 is 0 Å². The lowest BCUT2D eigenvalue weighted by Gasteiger charge is -2.38. The highest BCUT2D eigenvalue weighted by Crippen LogP contribution is 2.59. The lowest BCUT2D eigenvalue weighted by Crippen LogP contribution is -2.51. The number of fused-ring (bicyclic) bond motifs is 2. The smallest absolute Gasteiger partial charge is 0.404 e. The van der Waals surface area contributed by atoms with E-state index in [9.17, 15) is 13.2 Å². The minimum Gasteiger partial charge on any atom is -0.404 e. The summed E-state index contributed by atoms with van der Waals surface area (Å²) in [5.74, 6) is 1.47. The summed E-state index contributed by atoms with van der Waals surface area (Å²) in [5.41, 5.74) is 3.59. The van der Waals surface area contributed by atoms with Gasteiger partial charge >= 0.3 is 6.36 Å². The van der Waals surface area contributed by atoms with Crippen LogP contribution in [0, 0.1) is 17.8 Å². The average molecular weight is 549 g/mol. The number of benzene rings is 3. The summed E-state index contributed by atoms with van der Waals surface area (Å²) in [6, 6.07) is 26.5. The highest BCUT2D eigenvalue weighted by Gasteiger charge is 2.59. The molecule has 3 aliphatic rings. The van der Waals surface area contributed by atoms with Gasteiger partial charge in [-0.05, 0) is 71.3 Å². The molecule has 6 rings (SSSR count). The van der Waals surface area contributed by atoms with Crippen LogP contribution < -0.4 is 15.4 Å². The van der Waals surface area contributed by atoms with Gasteiger partial charge in [-0.3, -0.25) is 0 Å². The maximum Gasteiger partial charge on any atom is 0.573 e. The maximum atomic E-state index is 13.5. The average Bonchev–Trinajstić information content (AvgIpc) is 3.63. The zero-order valence-corrected chi connectivity index (χ0v) is 23.4. The Bertz CT molecular complexity index is 1260. The lowest BCUT2D eigenvalue weighted by molar-refractivity contribution is -0.274.